The second kappa shape index (κ2) is 5.69. The highest BCUT2D eigenvalue weighted by Crippen LogP contribution is 2.34. The largest absolute Gasteiger partial charge is 0.392 e. The van der Waals surface area contributed by atoms with E-state index in [9.17, 15) is 9.90 Å². The molecule has 1 aromatic rings. The van der Waals surface area contributed by atoms with E-state index in [-0.39, 0.29) is 17.1 Å². The molecule has 2 unspecified atom stereocenters. The summed E-state index contributed by atoms with van der Waals surface area (Å²) in [7, 11) is 0. The normalized spacial score (nSPS) is 24.6. The van der Waals surface area contributed by atoms with Crippen LogP contribution in [0.2, 0.25) is 0 Å². The summed E-state index contributed by atoms with van der Waals surface area (Å²) in [5.74, 6) is 0.0941. The molecule has 1 fully saturated rings. The van der Waals surface area contributed by atoms with Gasteiger partial charge in [-0.1, -0.05) is 25.0 Å². The van der Waals surface area contributed by atoms with E-state index >= 15 is 0 Å². The summed E-state index contributed by atoms with van der Waals surface area (Å²) in [6.07, 6.45) is 4.10. The van der Waals surface area contributed by atoms with Gasteiger partial charge in [-0.05, 0) is 31.9 Å². The molecule has 2 rings (SSSR count). The van der Waals surface area contributed by atoms with Crippen molar-refractivity contribution in [1.82, 2.24) is 0 Å². The van der Waals surface area contributed by atoms with E-state index in [1.807, 2.05) is 24.3 Å². The number of rotatable bonds is 3. The maximum Gasteiger partial charge on any atom is 0.159 e. The van der Waals surface area contributed by atoms with E-state index in [0.29, 0.717) is 0 Å². The molecule has 0 heterocycles. The highest BCUT2D eigenvalue weighted by atomic mass is 32.2. The molecule has 3 heteroatoms. The van der Waals surface area contributed by atoms with E-state index in [1.165, 1.54) is 6.42 Å². The molecule has 1 aromatic carbocycles. The lowest BCUT2D eigenvalue weighted by Gasteiger charge is -2.27. The molecule has 0 amide bonds. The van der Waals surface area contributed by atoms with Crippen molar-refractivity contribution < 1.29 is 9.90 Å². The summed E-state index contributed by atoms with van der Waals surface area (Å²) in [5.41, 5.74) is 0.750. The fourth-order valence-corrected chi connectivity index (χ4v) is 3.46. The number of thioether (sulfide) groups is 1. The summed E-state index contributed by atoms with van der Waals surface area (Å²) >= 11 is 1.70. The van der Waals surface area contributed by atoms with Crippen molar-refractivity contribution in [2.45, 2.75) is 48.9 Å². The molecular weight excluding hydrogens is 232 g/mol. The van der Waals surface area contributed by atoms with Crippen LogP contribution in [0.25, 0.3) is 0 Å². The SMILES string of the molecule is CC(=O)c1cccc(SC2CCCCC2O)c1. The van der Waals surface area contributed by atoms with Gasteiger partial charge in [0.05, 0.1) is 6.10 Å². The molecule has 17 heavy (non-hydrogen) atoms. The van der Waals surface area contributed by atoms with Gasteiger partial charge in [-0.25, -0.2) is 0 Å². The van der Waals surface area contributed by atoms with Gasteiger partial charge in [0.2, 0.25) is 0 Å². The maximum atomic E-state index is 11.3. The molecule has 2 atom stereocenters. The van der Waals surface area contributed by atoms with Gasteiger partial charge in [0, 0.05) is 15.7 Å². The van der Waals surface area contributed by atoms with Crippen molar-refractivity contribution in [2.24, 2.45) is 0 Å². The number of ketones is 1. The van der Waals surface area contributed by atoms with Crippen LogP contribution in [0, 0.1) is 0 Å². The molecule has 1 saturated carbocycles. The lowest BCUT2D eigenvalue weighted by atomic mass is 9.97. The minimum atomic E-state index is -0.199. The first-order valence-electron chi connectivity index (χ1n) is 6.12. The number of aliphatic hydroxyl groups excluding tert-OH is 1. The summed E-state index contributed by atoms with van der Waals surface area (Å²) in [4.78, 5) is 12.4. The van der Waals surface area contributed by atoms with Crippen molar-refractivity contribution in [3.8, 4) is 0 Å². The van der Waals surface area contributed by atoms with Gasteiger partial charge >= 0.3 is 0 Å². The van der Waals surface area contributed by atoms with Crippen molar-refractivity contribution >= 4 is 17.5 Å². The van der Waals surface area contributed by atoms with Gasteiger partial charge in [0.25, 0.3) is 0 Å². The van der Waals surface area contributed by atoms with E-state index in [1.54, 1.807) is 18.7 Å². The Morgan fingerprint density at radius 1 is 1.35 bits per heavy atom. The monoisotopic (exact) mass is 250 g/mol. The van der Waals surface area contributed by atoms with Crippen molar-refractivity contribution in [3.63, 3.8) is 0 Å². The summed E-state index contributed by atoms with van der Waals surface area (Å²) in [6.45, 7) is 1.58. The number of hydrogen-bond acceptors (Lipinski definition) is 3. The van der Waals surface area contributed by atoms with Crippen LogP contribution in [0.4, 0.5) is 0 Å². The average molecular weight is 250 g/mol. The van der Waals surface area contributed by atoms with Crippen LogP contribution < -0.4 is 0 Å². The molecular formula is C14H18O2S. The molecule has 0 aromatic heterocycles. The third-order valence-corrected chi connectivity index (χ3v) is 4.57. The van der Waals surface area contributed by atoms with Gasteiger partial charge in [0.15, 0.2) is 5.78 Å². The van der Waals surface area contributed by atoms with Crippen LogP contribution in [0.5, 0.6) is 0 Å². The van der Waals surface area contributed by atoms with Gasteiger partial charge in [-0.15, -0.1) is 11.8 Å². The van der Waals surface area contributed by atoms with E-state index in [2.05, 4.69) is 0 Å². The molecule has 0 spiro atoms. The zero-order valence-corrected chi connectivity index (χ0v) is 10.9. The molecule has 0 radical (unpaired) electrons. The molecule has 0 bridgehead atoms. The molecule has 1 aliphatic carbocycles. The van der Waals surface area contributed by atoms with Crippen LogP contribution in [-0.4, -0.2) is 22.2 Å². The number of Topliss-reactive ketones (excluding diaryl/α,β-unsaturated/α-hetero) is 1. The second-order valence-corrected chi connectivity index (χ2v) is 5.90. The number of benzene rings is 1. The lowest BCUT2D eigenvalue weighted by Crippen LogP contribution is -2.26. The third kappa shape index (κ3) is 3.33. The van der Waals surface area contributed by atoms with Crippen LogP contribution in [-0.2, 0) is 0 Å². The zero-order chi connectivity index (χ0) is 12.3. The number of carbonyl (C=O) groups is 1. The van der Waals surface area contributed by atoms with Gasteiger partial charge in [-0.3, -0.25) is 4.79 Å². The third-order valence-electron chi connectivity index (χ3n) is 3.20. The van der Waals surface area contributed by atoms with E-state index < -0.39 is 0 Å². The molecule has 0 saturated heterocycles. The average Bonchev–Trinajstić information content (AvgIpc) is 2.32. The Kier molecular flexibility index (Phi) is 4.24. The van der Waals surface area contributed by atoms with Gasteiger partial charge in [0.1, 0.15) is 0 Å². The summed E-state index contributed by atoms with van der Waals surface area (Å²) in [5, 5.41) is 10.2. The van der Waals surface area contributed by atoms with Crippen LogP contribution >= 0.6 is 11.8 Å². The lowest BCUT2D eigenvalue weighted by molar-refractivity contribution is 0.101. The molecule has 1 aliphatic rings. The minimum Gasteiger partial charge on any atom is -0.392 e. The first kappa shape index (κ1) is 12.7. The number of carbonyl (C=O) groups excluding carboxylic acids is 1. The highest BCUT2D eigenvalue weighted by Gasteiger charge is 2.23. The Balaban J connectivity index is 2.07. The Labute approximate surface area is 106 Å². The first-order chi connectivity index (χ1) is 8.16. The predicted octanol–water partition coefficient (Wildman–Crippen LogP) is 3.28. The Bertz CT molecular complexity index is 403. The zero-order valence-electron chi connectivity index (χ0n) is 10.1. The van der Waals surface area contributed by atoms with Crippen molar-refractivity contribution in [1.29, 1.82) is 0 Å². The fraction of sp³-hybridized carbons (Fsp3) is 0.500. The molecule has 92 valence electrons. The molecule has 2 nitrogen and oxygen atoms in total. The first-order valence-corrected chi connectivity index (χ1v) is 7.00. The van der Waals surface area contributed by atoms with Crippen LogP contribution in [0.1, 0.15) is 43.0 Å². The van der Waals surface area contributed by atoms with Crippen molar-refractivity contribution in [2.75, 3.05) is 0 Å². The molecule has 1 N–H and O–H groups in total. The number of hydrogen-bond donors (Lipinski definition) is 1. The topological polar surface area (TPSA) is 37.3 Å². The van der Waals surface area contributed by atoms with Crippen molar-refractivity contribution in [3.05, 3.63) is 29.8 Å². The van der Waals surface area contributed by atoms with Gasteiger partial charge < -0.3 is 5.11 Å². The van der Waals surface area contributed by atoms with Crippen LogP contribution in [0.3, 0.4) is 0 Å². The van der Waals surface area contributed by atoms with E-state index in [4.69, 9.17) is 0 Å². The fourth-order valence-electron chi connectivity index (χ4n) is 2.18. The minimum absolute atomic E-state index is 0.0941. The number of aliphatic hydroxyl groups is 1. The maximum absolute atomic E-state index is 11.3. The van der Waals surface area contributed by atoms with E-state index in [0.717, 1.165) is 29.7 Å². The standard InChI is InChI=1S/C14H18O2S/c1-10(15)11-5-4-6-12(9-11)17-14-8-3-2-7-13(14)16/h4-6,9,13-14,16H,2-3,7-8H2,1H3. The Morgan fingerprint density at radius 3 is 2.82 bits per heavy atom. The Hall–Kier alpha value is -0.800. The second-order valence-electron chi connectivity index (χ2n) is 4.59. The predicted molar refractivity (Wildman–Crippen MR) is 70.6 cm³/mol. The highest BCUT2D eigenvalue weighted by molar-refractivity contribution is 8.00. The molecule has 0 aliphatic heterocycles. The Morgan fingerprint density at radius 2 is 2.12 bits per heavy atom. The summed E-state index contributed by atoms with van der Waals surface area (Å²) in [6, 6.07) is 7.69. The van der Waals surface area contributed by atoms with Gasteiger partial charge in [-0.2, -0.15) is 0 Å². The smallest absolute Gasteiger partial charge is 0.159 e. The van der Waals surface area contributed by atoms with Crippen LogP contribution in [0.15, 0.2) is 29.2 Å². The quantitative estimate of drug-likeness (QED) is 0.836. The summed E-state index contributed by atoms with van der Waals surface area (Å²) < 4.78 is 0.